The van der Waals surface area contributed by atoms with Crippen LogP contribution in [0.5, 0.6) is 0 Å². The maximum Gasteiger partial charge on any atom is 0.490 e. The molecule has 0 amide bonds. The molecule has 2 aliphatic rings. The van der Waals surface area contributed by atoms with Crippen molar-refractivity contribution in [1.82, 2.24) is 15.1 Å². The minimum Gasteiger partial charge on any atom is -0.475 e. The molecule has 196 valence electrons. The van der Waals surface area contributed by atoms with E-state index < -0.39 is 24.3 Å². The molecule has 1 aromatic rings. The van der Waals surface area contributed by atoms with Crippen molar-refractivity contribution in [2.75, 3.05) is 44.8 Å². The van der Waals surface area contributed by atoms with E-state index in [4.69, 9.17) is 24.5 Å². The third kappa shape index (κ3) is 8.87. The van der Waals surface area contributed by atoms with Crippen LogP contribution in [-0.4, -0.2) is 95.0 Å². The number of alkyl halides is 6. The Morgan fingerprint density at radius 3 is 2.00 bits per heavy atom. The van der Waals surface area contributed by atoms with Gasteiger partial charge in [-0.25, -0.2) is 9.59 Å². The number of carbonyl (C=O) groups is 2. The van der Waals surface area contributed by atoms with E-state index in [1.54, 1.807) is 11.3 Å². The van der Waals surface area contributed by atoms with Crippen molar-refractivity contribution in [2.24, 2.45) is 5.92 Å². The molecule has 9 nitrogen and oxygen atoms in total. The standard InChI is InChI=1S/C14H24N4OS.2C2HF3O2/c1-4-19-8-12-5-6-17(3)14(7-12)9-18(10-14)13-16-15-11(2)20-13;2*3-2(4,5)1(6)7/h12H,4-10H2,1-3H3;2*(H,6,7). The molecule has 34 heavy (non-hydrogen) atoms. The molecule has 16 heteroatoms. The molecule has 3 rings (SSSR count). The summed E-state index contributed by atoms with van der Waals surface area (Å²) in [5, 5.41) is 24.8. The zero-order chi connectivity index (χ0) is 26.3. The smallest absolute Gasteiger partial charge is 0.475 e. The topological polar surface area (TPSA) is 116 Å². The van der Waals surface area contributed by atoms with Gasteiger partial charge in [0.2, 0.25) is 5.13 Å². The van der Waals surface area contributed by atoms with Crippen LogP contribution in [0.25, 0.3) is 0 Å². The molecule has 0 radical (unpaired) electrons. The number of aliphatic carboxylic acids is 2. The number of hydrogen-bond donors (Lipinski definition) is 2. The highest BCUT2D eigenvalue weighted by Crippen LogP contribution is 2.40. The van der Waals surface area contributed by atoms with E-state index in [1.165, 1.54) is 19.4 Å². The lowest BCUT2D eigenvalue weighted by molar-refractivity contribution is -0.193. The first-order valence-electron chi connectivity index (χ1n) is 9.96. The lowest BCUT2D eigenvalue weighted by atomic mass is 9.75. The second kappa shape index (κ2) is 12.0. The molecule has 0 aliphatic carbocycles. The summed E-state index contributed by atoms with van der Waals surface area (Å²) in [6, 6.07) is 0. The van der Waals surface area contributed by atoms with Crippen molar-refractivity contribution < 1.29 is 50.9 Å². The van der Waals surface area contributed by atoms with Gasteiger partial charge in [0.05, 0.1) is 5.54 Å². The Kier molecular flexibility index (Phi) is 10.5. The second-order valence-corrected chi connectivity index (χ2v) is 8.89. The van der Waals surface area contributed by atoms with Crippen LogP contribution in [-0.2, 0) is 14.3 Å². The van der Waals surface area contributed by atoms with E-state index in [9.17, 15) is 26.3 Å². The van der Waals surface area contributed by atoms with Crippen molar-refractivity contribution in [3.05, 3.63) is 5.01 Å². The lowest BCUT2D eigenvalue weighted by Crippen LogP contribution is -2.72. The molecule has 2 N–H and O–H groups in total. The first kappa shape index (κ1) is 29.8. The van der Waals surface area contributed by atoms with Crippen LogP contribution in [0.3, 0.4) is 0 Å². The quantitative estimate of drug-likeness (QED) is 0.574. The van der Waals surface area contributed by atoms with Crippen LogP contribution in [0, 0.1) is 12.8 Å². The Labute approximate surface area is 195 Å². The molecule has 1 unspecified atom stereocenters. The van der Waals surface area contributed by atoms with E-state index in [1.807, 2.05) is 6.92 Å². The maximum atomic E-state index is 10.6. The number of anilines is 1. The number of nitrogens with zero attached hydrogens (tertiary/aromatic N) is 4. The number of carboxylic acid groups (broad SMARTS) is 2. The first-order chi connectivity index (χ1) is 15.5. The van der Waals surface area contributed by atoms with Crippen LogP contribution in [0.4, 0.5) is 31.5 Å². The summed E-state index contributed by atoms with van der Waals surface area (Å²) >= 11 is 1.70. The predicted octanol–water partition coefficient (Wildman–Crippen LogP) is 3.05. The van der Waals surface area contributed by atoms with Gasteiger partial charge in [0.15, 0.2) is 0 Å². The molecule has 0 saturated carbocycles. The minimum absolute atomic E-state index is 0.333. The summed E-state index contributed by atoms with van der Waals surface area (Å²) in [7, 11) is 2.26. The van der Waals surface area contributed by atoms with Crippen LogP contribution in [0.2, 0.25) is 0 Å². The first-order valence-corrected chi connectivity index (χ1v) is 10.8. The average Bonchev–Trinajstić information content (AvgIpc) is 3.11. The monoisotopic (exact) mass is 524 g/mol. The molecule has 1 spiro atoms. The van der Waals surface area contributed by atoms with Crippen molar-refractivity contribution in [3.63, 3.8) is 0 Å². The Morgan fingerprint density at radius 2 is 1.62 bits per heavy atom. The lowest BCUT2D eigenvalue weighted by Gasteiger charge is -2.58. The van der Waals surface area contributed by atoms with Crippen LogP contribution >= 0.6 is 11.3 Å². The van der Waals surface area contributed by atoms with Gasteiger partial charge in [-0.1, -0.05) is 11.3 Å². The van der Waals surface area contributed by atoms with E-state index in [-0.39, 0.29) is 0 Å². The largest absolute Gasteiger partial charge is 0.490 e. The van der Waals surface area contributed by atoms with Crippen molar-refractivity contribution in [1.29, 1.82) is 0 Å². The number of aromatic nitrogens is 2. The van der Waals surface area contributed by atoms with Gasteiger partial charge in [0, 0.05) is 26.3 Å². The number of ether oxygens (including phenoxy) is 1. The summed E-state index contributed by atoms with van der Waals surface area (Å²) in [4.78, 5) is 22.7. The number of halogens is 6. The van der Waals surface area contributed by atoms with Gasteiger partial charge in [-0.2, -0.15) is 26.3 Å². The summed E-state index contributed by atoms with van der Waals surface area (Å²) < 4.78 is 69.1. The Bertz CT molecular complexity index is 787. The van der Waals surface area contributed by atoms with Crippen LogP contribution in [0.15, 0.2) is 0 Å². The predicted molar refractivity (Wildman–Crippen MR) is 109 cm³/mol. The summed E-state index contributed by atoms with van der Waals surface area (Å²) in [5.74, 6) is -4.80. The Morgan fingerprint density at radius 1 is 1.12 bits per heavy atom. The minimum atomic E-state index is -5.08. The zero-order valence-corrected chi connectivity index (χ0v) is 19.4. The van der Waals surface area contributed by atoms with Crippen LogP contribution in [0.1, 0.15) is 24.8 Å². The molecule has 0 aromatic carbocycles. The Hall–Kier alpha value is -2.20. The van der Waals surface area contributed by atoms with Crippen molar-refractivity contribution in [3.8, 4) is 0 Å². The van der Waals surface area contributed by atoms with E-state index in [2.05, 4.69) is 34.0 Å². The van der Waals surface area contributed by atoms with Gasteiger partial charge in [0.25, 0.3) is 0 Å². The fourth-order valence-corrected chi connectivity index (χ4v) is 4.11. The number of carboxylic acids is 2. The summed E-state index contributed by atoms with van der Waals surface area (Å²) in [5.41, 5.74) is 0.333. The number of likely N-dealkylation sites (N-methyl/N-ethyl adjacent to an activating group) is 1. The van der Waals surface area contributed by atoms with Gasteiger partial charge in [-0.05, 0) is 46.2 Å². The molecular formula is C18H26F6N4O5S. The highest BCUT2D eigenvalue weighted by molar-refractivity contribution is 7.15. The van der Waals surface area contributed by atoms with Gasteiger partial charge in [-0.15, -0.1) is 10.2 Å². The van der Waals surface area contributed by atoms with E-state index in [0.29, 0.717) is 11.5 Å². The Balaban J connectivity index is 0.000000343. The molecule has 3 heterocycles. The fourth-order valence-electron chi connectivity index (χ4n) is 3.42. The molecule has 2 aliphatic heterocycles. The highest BCUT2D eigenvalue weighted by atomic mass is 32.1. The van der Waals surface area contributed by atoms with E-state index in [0.717, 1.165) is 36.4 Å². The second-order valence-electron chi connectivity index (χ2n) is 7.73. The summed E-state index contributed by atoms with van der Waals surface area (Å²) in [6.07, 6.45) is -7.66. The molecule has 0 bridgehead atoms. The molecule has 2 saturated heterocycles. The number of aryl methyl sites for hydroxylation is 1. The molecule has 1 atom stereocenters. The van der Waals surface area contributed by atoms with Gasteiger partial charge in [-0.3, -0.25) is 4.90 Å². The number of likely N-dealkylation sites (tertiary alicyclic amines) is 1. The van der Waals surface area contributed by atoms with Gasteiger partial charge < -0.3 is 19.8 Å². The van der Waals surface area contributed by atoms with Crippen molar-refractivity contribution >= 4 is 28.4 Å². The van der Waals surface area contributed by atoms with E-state index >= 15 is 0 Å². The summed E-state index contributed by atoms with van der Waals surface area (Å²) in [6.45, 7) is 9.19. The molecule has 1 aromatic heterocycles. The van der Waals surface area contributed by atoms with Gasteiger partial charge in [0.1, 0.15) is 5.01 Å². The fraction of sp³-hybridized carbons (Fsp3) is 0.778. The maximum absolute atomic E-state index is 10.6. The SMILES string of the molecule is CCOCC1CCN(C)C2(C1)CN(c1nnc(C)s1)C2.O=C(O)C(F)(F)F.O=C(O)C(F)(F)F. The number of hydrogen-bond acceptors (Lipinski definition) is 8. The zero-order valence-electron chi connectivity index (χ0n) is 18.6. The normalized spacial score (nSPS) is 19.9. The number of piperidine rings is 1. The van der Waals surface area contributed by atoms with Gasteiger partial charge >= 0.3 is 24.3 Å². The average molecular weight is 524 g/mol. The third-order valence-electron chi connectivity index (χ3n) is 5.15. The molecular weight excluding hydrogens is 498 g/mol. The highest BCUT2D eigenvalue weighted by Gasteiger charge is 2.50. The number of rotatable bonds is 4. The molecule has 2 fully saturated rings. The van der Waals surface area contributed by atoms with Crippen molar-refractivity contribution in [2.45, 2.75) is 44.6 Å². The third-order valence-corrected chi connectivity index (χ3v) is 6.05. The van der Waals surface area contributed by atoms with Crippen LogP contribution < -0.4 is 4.90 Å².